The largest absolute Gasteiger partial charge is 0.391 e. The van der Waals surface area contributed by atoms with Crippen molar-refractivity contribution >= 4 is 23.6 Å². The summed E-state index contributed by atoms with van der Waals surface area (Å²) in [6.07, 6.45) is 0.0771. The molecule has 41 heavy (non-hydrogen) atoms. The highest BCUT2D eigenvalue weighted by Gasteiger charge is 2.43. The monoisotopic (exact) mass is 563 g/mol. The zero-order valence-corrected chi connectivity index (χ0v) is 23.8. The number of amides is 4. The van der Waals surface area contributed by atoms with Crippen molar-refractivity contribution in [1.29, 1.82) is 0 Å². The van der Waals surface area contributed by atoms with Crippen LogP contribution >= 0.6 is 0 Å². The maximum Gasteiger partial charge on any atom is 0.246 e. The van der Waals surface area contributed by atoms with Crippen molar-refractivity contribution in [2.75, 3.05) is 26.2 Å². The van der Waals surface area contributed by atoms with E-state index >= 15 is 0 Å². The molecule has 0 aliphatic carbocycles. The smallest absolute Gasteiger partial charge is 0.246 e. The number of aliphatic hydroxyl groups excluding tert-OH is 1. The molecular formula is C31H41N5O5. The number of aliphatic hydroxyl groups is 1. The Morgan fingerprint density at radius 1 is 0.927 bits per heavy atom. The molecule has 2 aromatic rings. The first-order valence-corrected chi connectivity index (χ1v) is 14.4. The Hall–Kier alpha value is -3.76. The van der Waals surface area contributed by atoms with Gasteiger partial charge in [-0.2, -0.15) is 0 Å². The predicted molar refractivity (Wildman–Crippen MR) is 154 cm³/mol. The van der Waals surface area contributed by atoms with Gasteiger partial charge in [-0.15, -0.1) is 0 Å². The summed E-state index contributed by atoms with van der Waals surface area (Å²) in [4.78, 5) is 57.3. The van der Waals surface area contributed by atoms with Crippen LogP contribution in [0.3, 0.4) is 0 Å². The minimum Gasteiger partial charge on any atom is -0.391 e. The first-order valence-electron chi connectivity index (χ1n) is 14.4. The third kappa shape index (κ3) is 8.14. The summed E-state index contributed by atoms with van der Waals surface area (Å²) in [5.74, 6) is -1.77. The molecule has 0 spiro atoms. The van der Waals surface area contributed by atoms with Gasteiger partial charge in [0.15, 0.2) is 0 Å². The standard InChI is InChI=1S/C31H41N5O5/c1-3-21(2)28-31(41)36-19-24(37)17-26(36)30(40)33-25(16-22-10-6-4-7-11-22)29(39)32-14-15-35(20-27(38)34-28)18-23-12-8-5-9-13-23/h4-13,21,24-26,28,37H,3,14-20H2,1-2H3,(H,32,39)(H,33,40)(H,34,38)/t21-,24+,25-,26-,28-/m0/s1. The summed E-state index contributed by atoms with van der Waals surface area (Å²) >= 11 is 0. The van der Waals surface area contributed by atoms with E-state index in [0.717, 1.165) is 11.1 Å². The molecule has 2 fully saturated rings. The van der Waals surface area contributed by atoms with Gasteiger partial charge < -0.3 is 26.0 Å². The Balaban J connectivity index is 1.64. The van der Waals surface area contributed by atoms with Gasteiger partial charge in [-0.3, -0.25) is 24.1 Å². The molecule has 2 aliphatic heterocycles. The zero-order valence-electron chi connectivity index (χ0n) is 23.8. The van der Waals surface area contributed by atoms with Crippen LogP contribution in [-0.2, 0) is 32.1 Å². The summed E-state index contributed by atoms with van der Waals surface area (Å²) in [5, 5.41) is 19.2. The third-order valence-electron chi connectivity index (χ3n) is 7.92. The van der Waals surface area contributed by atoms with Crippen molar-refractivity contribution in [2.45, 2.75) is 63.9 Å². The second-order valence-electron chi connectivity index (χ2n) is 11.1. The van der Waals surface area contributed by atoms with E-state index in [1.54, 1.807) is 0 Å². The van der Waals surface area contributed by atoms with E-state index in [1.165, 1.54) is 4.90 Å². The number of benzene rings is 2. The number of carbonyl (C=O) groups excluding carboxylic acids is 4. The maximum absolute atomic E-state index is 13.8. The maximum atomic E-state index is 13.8. The average Bonchev–Trinajstić information content (AvgIpc) is 3.37. The normalized spacial score (nSPS) is 25.8. The lowest BCUT2D eigenvalue weighted by atomic mass is 9.97. The SMILES string of the molecule is CC[C@H](C)[C@@H]1NC(=O)CN(Cc2ccccc2)CCNC(=O)[C@H](Cc2ccccc2)NC(=O)[C@@H]2C[C@@H](O)CN2C1=O. The summed E-state index contributed by atoms with van der Waals surface area (Å²) in [5.41, 5.74) is 1.89. The number of carbonyl (C=O) groups is 4. The summed E-state index contributed by atoms with van der Waals surface area (Å²) in [7, 11) is 0. The van der Waals surface area contributed by atoms with Crippen LogP contribution in [0.25, 0.3) is 0 Å². The van der Waals surface area contributed by atoms with Crippen LogP contribution in [0.2, 0.25) is 0 Å². The second-order valence-corrected chi connectivity index (χ2v) is 11.1. The lowest BCUT2D eigenvalue weighted by molar-refractivity contribution is -0.143. The first kappa shape index (κ1) is 30.2. The molecule has 4 amide bonds. The quantitative estimate of drug-likeness (QED) is 0.412. The van der Waals surface area contributed by atoms with E-state index in [9.17, 15) is 24.3 Å². The molecule has 10 heteroatoms. The number of hydrogen-bond acceptors (Lipinski definition) is 6. The number of rotatable bonds is 6. The third-order valence-corrected chi connectivity index (χ3v) is 7.92. The van der Waals surface area contributed by atoms with Gasteiger partial charge in [-0.05, 0) is 17.0 Å². The van der Waals surface area contributed by atoms with Gasteiger partial charge in [0.2, 0.25) is 23.6 Å². The fraction of sp³-hybridized carbons (Fsp3) is 0.484. The van der Waals surface area contributed by atoms with Crippen LogP contribution in [-0.4, -0.2) is 88.9 Å². The zero-order chi connectivity index (χ0) is 29.4. The Morgan fingerprint density at radius 2 is 1.59 bits per heavy atom. The fourth-order valence-corrected chi connectivity index (χ4v) is 5.43. The second kappa shape index (κ2) is 14.2. The topological polar surface area (TPSA) is 131 Å². The fourth-order valence-electron chi connectivity index (χ4n) is 5.43. The van der Waals surface area contributed by atoms with Crippen LogP contribution in [0.15, 0.2) is 60.7 Å². The molecule has 0 saturated carbocycles. The van der Waals surface area contributed by atoms with Crippen molar-refractivity contribution in [3.63, 3.8) is 0 Å². The molecule has 0 radical (unpaired) electrons. The van der Waals surface area contributed by atoms with E-state index in [4.69, 9.17) is 0 Å². The molecule has 0 bridgehead atoms. The number of nitrogens with zero attached hydrogens (tertiary/aromatic N) is 2. The molecule has 0 unspecified atom stereocenters. The first-order chi connectivity index (χ1) is 19.7. The number of fused-ring (bicyclic) bond motifs is 1. The summed E-state index contributed by atoms with van der Waals surface area (Å²) in [6, 6.07) is 16.5. The van der Waals surface area contributed by atoms with E-state index in [2.05, 4.69) is 16.0 Å². The van der Waals surface area contributed by atoms with Gasteiger partial charge in [-0.25, -0.2) is 0 Å². The van der Waals surface area contributed by atoms with Gasteiger partial charge in [0, 0.05) is 39.0 Å². The minimum absolute atomic E-state index is 0.0184. The average molecular weight is 564 g/mol. The summed E-state index contributed by atoms with van der Waals surface area (Å²) < 4.78 is 0. The minimum atomic E-state index is -0.952. The predicted octanol–water partition coefficient (Wildman–Crippen LogP) is 0.839. The number of hydrogen-bond donors (Lipinski definition) is 4. The van der Waals surface area contributed by atoms with Crippen molar-refractivity contribution in [2.24, 2.45) is 5.92 Å². The molecular weight excluding hydrogens is 522 g/mol. The van der Waals surface area contributed by atoms with Crippen molar-refractivity contribution < 1.29 is 24.3 Å². The molecule has 5 atom stereocenters. The van der Waals surface area contributed by atoms with Gasteiger partial charge in [0.05, 0.1) is 12.6 Å². The Labute approximate surface area is 241 Å². The molecule has 10 nitrogen and oxygen atoms in total. The molecule has 220 valence electrons. The van der Waals surface area contributed by atoms with Crippen molar-refractivity contribution in [1.82, 2.24) is 25.8 Å². The van der Waals surface area contributed by atoms with Gasteiger partial charge in [0.25, 0.3) is 0 Å². The Morgan fingerprint density at radius 3 is 2.24 bits per heavy atom. The highest BCUT2D eigenvalue weighted by molar-refractivity contribution is 5.95. The van der Waals surface area contributed by atoms with Gasteiger partial charge in [-0.1, -0.05) is 80.9 Å². The highest BCUT2D eigenvalue weighted by atomic mass is 16.3. The van der Waals surface area contributed by atoms with E-state index in [0.29, 0.717) is 19.5 Å². The lowest BCUT2D eigenvalue weighted by Gasteiger charge is -2.32. The van der Waals surface area contributed by atoms with Crippen LogP contribution in [0.1, 0.15) is 37.8 Å². The lowest BCUT2D eigenvalue weighted by Crippen LogP contribution is -2.58. The summed E-state index contributed by atoms with van der Waals surface area (Å²) in [6.45, 7) is 4.98. The van der Waals surface area contributed by atoms with Gasteiger partial charge >= 0.3 is 0 Å². The molecule has 2 aliphatic rings. The van der Waals surface area contributed by atoms with Gasteiger partial charge in [0.1, 0.15) is 18.1 Å². The number of nitrogens with one attached hydrogen (secondary N) is 3. The van der Waals surface area contributed by atoms with Crippen LogP contribution in [0.4, 0.5) is 0 Å². The molecule has 0 aromatic heterocycles. The van der Waals surface area contributed by atoms with Crippen LogP contribution < -0.4 is 16.0 Å². The van der Waals surface area contributed by atoms with E-state index < -0.39 is 36.0 Å². The molecule has 2 heterocycles. The van der Waals surface area contributed by atoms with E-state index in [-0.39, 0.29) is 50.2 Å². The molecule has 2 saturated heterocycles. The van der Waals surface area contributed by atoms with Crippen molar-refractivity contribution in [3.8, 4) is 0 Å². The molecule has 4 N–H and O–H groups in total. The Bertz CT molecular complexity index is 1190. The van der Waals surface area contributed by atoms with Crippen LogP contribution in [0, 0.1) is 5.92 Å². The Kier molecular flexibility index (Phi) is 10.5. The van der Waals surface area contributed by atoms with E-state index in [1.807, 2.05) is 79.4 Å². The highest BCUT2D eigenvalue weighted by Crippen LogP contribution is 2.22. The van der Waals surface area contributed by atoms with Crippen LogP contribution in [0.5, 0.6) is 0 Å². The molecule has 2 aromatic carbocycles. The molecule has 4 rings (SSSR count). The van der Waals surface area contributed by atoms with Crippen molar-refractivity contribution in [3.05, 3.63) is 71.8 Å².